The molecule has 1 rings (SSSR count). The van der Waals surface area contributed by atoms with E-state index in [1.807, 2.05) is 13.8 Å². The lowest BCUT2D eigenvalue weighted by Gasteiger charge is -2.05. The number of benzene rings is 1. The molecule has 0 saturated heterocycles. The number of hydrogen-bond donors (Lipinski definition) is 2. The van der Waals surface area contributed by atoms with Crippen LogP contribution in [0.25, 0.3) is 0 Å². The van der Waals surface area contributed by atoms with Gasteiger partial charge in [-0.05, 0) is 37.6 Å². The van der Waals surface area contributed by atoms with E-state index in [0.717, 1.165) is 12.1 Å². The highest BCUT2D eigenvalue weighted by molar-refractivity contribution is 5.96. The fraction of sp³-hybridized carbons (Fsp3) is 0.357. The average molecular weight is 261 g/mol. The first-order chi connectivity index (χ1) is 9.06. The van der Waals surface area contributed by atoms with Crippen LogP contribution in [0.15, 0.2) is 29.4 Å². The van der Waals surface area contributed by atoms with E-state index in [0.29, 0.717) is 17.7 Å². The van der Waals surface area contributed by atoms with Crippen molar-refractivity contribution in [3.05, 3.63) is 29.8 Å². The van der Waals surface area contributed by atoms with Gasteiger partial charge in [-0.1, -0.05) is 13.8 Å². The molecule has 0 aliphatic carbocycles. The minimum Gasteiger partial charge on any atom is -0.326 e. The fourth-order valence-electron chi connectivity index (χ4n) is 1.24. The number of carbonyl (C=O) groups is 2. The van der Waals surface area contributed by atoms with Gasteiger partial charge >= 0.3 is 0 Å². The first kappa shape index (κ1) is 14.9. The van der Waals surface area contributed by atoms with Gasteiger partial charge in [0, 0.05) is 23.4 Å². The Morgan fingerprint density at radius 1 is 1.11 bits per heavy atom. The summed E-state index contributed by atoms with van der Waals surface area (Å²) < 4.78 is 0. The third-order valence-electron chi connectivity index (χ3n) is 2.61. The van der Waals surface area contributed by atoms with Crippen LogP contribution in [0.5, 0.6) is 0 Å². The van der Waals surface area contributed by atoms with Gasteiger partial charge in [0.25, 0.3) is 5.91 Å². The van der Waals surface area contributed by atoms with Gasteiger partial charge in [0.2, 0.25) is 5.91 Å². The summed E-state index contributed by atoms with van der Waals surface area (Å²) >= 11 is 0. The van der Waals surface area contributed by atoms with Gasteiger partial charge in [0.1, 0.15) is 0 Å². The molecule has 5 nitrogen and oxygen atoms in total. The SMILES string of the molecule is CCC(=O)Nc1ccc(C(=O)N/N=C(/C)CC)cc1. The van der Waals surface area contributed by atoms with Crippen molar-refractivity contribution in [1.29, 1.82) is 0 Å². The molecule has 0 aliphatic rings. The summed E-state index contributed by atoms with van der Waals surface area (Å²) in [5.41, 5.74) is 4.52. The lowest BCUT2D eigenvalue weighted by atomic mass is 10.2. The number of amides is 2. The molecule has 0 bridgehead atoms. The maximum Gasteiger partial charge on any atom is 0.271 e. The molecule has 19 heavy (non-hydrogen) atoms. The van der Waals surface area contributed by atoms with E-state index in [2.05, 4.69) is 15.8 Å². The zero-order chi connectivity index (χ0) is 14.3. The molecule has 0 saturated carbocycles. The molecule has 2 amide bonds. The number of rotatable bonds is 5. The molecule has 102 valence electrons. The Balaban J connectivity index is 2.65. The predicted octanol–water partition coefficient (Wildman–Crippen LogP) is 2.55. The van der Waals surface area contributed by atoms with Crippen molar-refractivity contribution < 1.29 is 9.59 Å². The minimum atomic E-state index is -0.263. The Labute approximate surface area is 113 Å². The summed E-state index contributed by atoms with van der Waals surface area (Å²) in [5, 5.41) is 6.67. The van der Waals surface area contributed by atoms with Gasteiger partial charge in [0.05, 0.1) is 0 Å². The third kappa shape index (κ3) is 4.91. The molecule has 0 heterocycles. The van der Waals surface area contributed by atoms with E-state index in [1.54, 1.807) is 31.2 Å². The number of nitrogens with one attached hydrogen (secondary N) is 2. The van der Waals surface area contributed by atoms with E-state index in [-0.39, 0.29) is 11.8 Å². The number of hydrazone groups is 1. The Kier molecular flexibility index (Phi) is 5.73. The monoisotopic (exact) mass is 261 g/mol. The smallest absolute Gasteiger partial charge is 0.271 e. The van der Waals surface area contributed by atoms with Gasteiger partial charge in [-0.25, -0.2) is 5.43 Å². The van der Waals surface area contributed by atoms with Crippen molar-refractivity contribution in [3.63, 3.8) is 0 Å². The highest BCUT2D eigenvalue weighted by atomic mass is 16.2. The van der Waals surface area contributed by atoms with Crippen LogP contribution in [-0.4, -0.2) is 17.5 Å². The lowest BCUT2D eigenvalue weighted by Crippen LogP contribution is -2.19. The maximum atomic E-state index is 11.7. The Bertz CT molecular complexity index is 478. The van der Waals surface area contributed by atoms with E-state index in [9.17, 15) is 9.59 Å². The largest absolute Gasteiger partial charge is 0.326 e. The second kappa shape index (κ2) is 7.31. The molecule has 0 aliphatic heterocycles. The van der Waals surface area contributed by atoms with Crippen LogP contribution < -0.4 is 10.7 Å². The summed E-state index contributed by atoms with van der Waals surface area (Å²) in [6, 6.07) is 6.69. The number of anilines is 1. The highest BCUT2D eigenvalue weighted by Crippen LogP contribution is 2.09. The molecular weight excluding hydrogens is 242 g/mol. The minimum absolute atomic E-state index is 0.0552. The van der Waals surface area contributed by atoms with E-state index in [1.165, 1.54) is 0 Å². The van der Waals surface area contributed by atoms with E-state index in [4.69, 9.17) is 0 Å². The fourth-order valence-corrected chi connectivity index (χ4v) is 1.24. The molecule has 0 radical (unpaired) electrons. The molecule has 0 spiro atoms. The molecule has 2 N–H and O–H groups in total. The second-order valence-electron chi connectivity index (χ2n) is 4.12. The van der Waals surface area contributed by atoms with Crippen LogP contribution in [-0.2, 0) is 4.79 Å². The summed E-state index contributed by atoms with van der Waals surface area (Å²) in [7, 11) is 0. The Hall–Kier alpha value is -2.17. The molecule has 0 fully saturated rings. The quantitative estimate of drug-likeness (QED) is 0.631. The summed E-state index contributed by atoms with van der Waals surface area (Å²) in [4.78, 5) is 23.0. The van der Waals surface area contributed by atoms with Crippen LogP contribution in [0.4, 0.5) is 5.69 Å². The van der Waals surface area contributed by atoms with Gasteiger partial charge in [0.15, 0.2) is 0 Å². The van der Waals surface area contributed by atoms with Gasteiger partial charge in [-0.2, -0.15) is 5.10 Å². The third-order valence-corrected chi connectivity index (χ3v) is 2.61. The molecule has 0 atom stereocenters. The average Bonchev–Trinajstić information content (AvgIpc) is 2.44. The van der Waals surface area contributed by atoms with Crippen molar-refractivity contribution in [2.45, 2.75) is 33.6 Å². The second-order valence-corrected chi connectivity index (χ2v) is 4.12. The molecular formula is C14H19N3O2. The highest BCUT2D eigenvalue weighted by Gasteiger charge is 2.05. The molecule has 1 aromatic carbocycles. The summed E-state index contributed by atoms with van der Waals surface area (Å²) in [6.45, 7) is 5.60. The predicted molar refractivity (Wildman–Crippen MR) is 76.2 cm³/mol. The van der Waals surface area contributed by atoms with Gasteiger partial charge in [-0.3, -0.25) is 9.59 Å². The van der Waals surface area contributed by atoms with Crippen LogP contribution in [0.3, 0.4) is 0 Å². The van der Waals surface area contributed by atoms with E-state index < -0.39 is 0 Å². The number of hydrogen-bond acceptors (Lipinski definition) is 3. The zero-order valence-electron chi connectivity index (χ0n) is 11.5. The van der Waals surface area contributed by atoms with Crippen molar-refractivity contribution >= 4 is 23.2 Å². The van der Waals surface area contributed by atoms with Crippen LogP contribution in [0, 0.1) is 0 Å². The zero-order valence-corrected chi connectivity index (χ0v) is 11.5. The van der Waals surface area contributed by atoms with Crippen molar-refractivity contribution in [2.75, 3.05) is 5.32 Å². The standard InChI is InChI=1S/C14H19N3O2/c1-4-10(3)16-17-14(19)11-6-8-12(9-7-11)15-13(18)5-2/h6-9H,4-5H2,1-3H3,(H,15,18)(H,17,19)/b16-10-. The maximum absolute atomic E-state index is 11.7. The molecule has 5 heteroatoms. The van der Waals surface area contributed by atoms with Crippen LogP contribution in [0.1, 0.15) is 44.0 Å². The topological polar surface area (TPSA) is 70.6 Å². The van der Waals surface area contributed by atoms with Gasteiger partial charge in [-0.15, -0.1) is 0 Å². The number of carbonyl (C=O) groups excluding carboxylic acids is 2. The Morgan fingerprint density at radius 2 is 1.74 bits per heavy atom. The first-order valence-corrected chi connectivity index (χ1v) is 6.30. The van der Waals surface area contributed by atoms with Crippen LogP contribution in [0.2, 0.25) is 0 Å². The van der Waals surface area contributed by atoms with Gasteiger partial charge < -0.3 is 5.32 Å². The van der Waals surface area contributed by atoms with Crippen molar-refractivity contribution in [2.24, 2.45) is 5.10 Å². The number of nitrogens with zero attached hydrogens (tertiary/aromatic N) is 1. The normalized spacial score (nSPS) is 11.0. The molecule has 0 aromatic heterocycles. The molecule has 1 aromatic rings. The van der Waals surface area contributed by atoms with Crippen LogP contribution >= 0.6 is 0 Å². The lowest BCUT2D eigenvalue weighted by molar-refractivity contribution is -0.115. The Morgan fingerprint density at radius 3 is 2.26 bits per heavy atom. The first-order valence-electron chi connectivity index (χ1n) is 6.30. The van der Waals surface area contributed by atoms with Crippen molar-refractivity contribution in [1.82, 2.24) is 5.43 Å². The van der Waals surface area contributed by atoms with Crippen molar-refractivity contribution in [3.8, 4) is 0 Å². The van der Waals surface area contributed by atoms with E-state index >= 15 is 0 Å². The summed E-state index contributed by atoms with van der Waals surface area (Å²) in [6.07, 6.45) is 1.22. The molecule has 0 unspecified atom stereocenters. The summed E-state index contributed by atoms with van der Waals surface area (Å²) in [5.74, 6) is -0.318.